The van der Waals surface area contributed by atoms with Crippen LogP contribution >= 0.6 is 47.2 Å². The first-order valence-corrected chi connectivity index (χ1v) is 17.3. The summed E-state index contributed by atoms with van der Waals surface area (Å²) in [4.78, 5) is 8.34. The summed E-state index contributed by atoms with van der Waals surface area (Å²) in [6.45, 7) is 7.34. The largest absolute Gasteiger partial charge is 0.353 e. The van der Waals surface area contributed by atoms with Gasteiger partial charge in [0.2, 0.25) is 0 Å². The van der Waals surface area contributed by atoms with Crippen LogP contribution < -0.4 is 10.6 Å². The number of nitrogens with zero attached hydrogens (tertiary/aromatic N) is 5. The molecule has 7 nitrogen and oxygen atoms in total. The maximum Gasteiger partial charge on any atom is 0.295 e. The van der Waals surface area contributed by atoms with Gasteiger partial charge < -0.3 is 9.88 Å². The van der Waals surface area contributed by atoms with E-state index in [0.29, 0.717) is 16.7 Å². The van der Waals surface area contributed by atoms with Gasteiger partial charge in [0.05, 0.1) is 17.8 Å². The number of imidazole rings is 1. The first-order chi connectivity index (χ1) is 16.1. The van der Waals surface area contributed by atoms with Gasteiger partial charge in [0.15, 0.2) is 11.5 Å². The summed E-state index contributed by atoms with van der Waals surface area (Å²) in [5, 5.41) is 8.35. The number of hydrogen-bond donors (Lipinski definition) is 1. The van der Waals surface area contributed by atoms with E-state index in [1.54, 1.807) is 24.1 Å². The Morgan fingerprint density at radius 1 is 1.15 bits per heavy atom. The maximum atomic E-state index is 13.5. The topological polar surface area (TPSA) is 77.6 Å². The number of aromatic nitrogens is 5. The summed E-state index contributed by atoms with van der Waals surface area (Å²) in [7, 11) is -0.897. The van der Waals surface area contributed by atoms with Crippen LogP contribution in [0.25, 0.3) is 22.4 Å². The molecule has 1 unspecified atom stereocenters. The van der Waals surface area contributed by atoms with Crippen molar-refractivity contribution in [3.8, 4) is 11.3 Å². The molecule has 0 spiro atoms. The molecule has 0 saturated heterocycles. The Balaban J connectivity index is 0.00000158. The van der Waals surface area contributed by atoms with Crippen LogP contribution in [0.4, 0.5) is 20.2 Å². The van der Waals surface area contributed by atoms with Crippen molar-refractivity contribution < 1.29 is 13.3 Å². The fourth-order valence-electron chi connectivity index (χ4n) is 3.31. The highest BCUT2D eigenvalue weighted by Crippen LogP contribution is 2.42. The summed E-state index contributed by atoms with van der Waals surface area (Å²) in [6.07, 6.45) is -0.945. The fourth-order valence-corrected chi connectivity index (χ4v) is 6.56. The lowest BCUT2D eigenvalue weighted by atomic mass is 10.1. The first-order valence-electron chi connectivity index (χ1n) is 10.3. The van der Waals surface area contributed by atoms with Gasteiger partial charge in [0.25, 0.3) is 6.43 Å². The van der Waals surface area contributed by atoms with Crippen LogP contribution in [-0.4, -0.2) is 37.4 Å². The molecule has 0 aliphatic carbocycles. The van der Waals surface area contributed by atoms with Crippen molar-refractivity contribution in [2.75, 3.05) is 18.6 Å². The molecule has 0 radical (unpaired) electrons. The van der Waals surface area contributed by atoms with E-state index in [2.05, 4.69) is 20.4 Å². The Hall–Kier alpha value is -1.61. The molecule has 3 aromatic heterocycles. The van der Waals surface area contributed by atoms with Crippen molar-refractivity contribution in [3.63, 3.8) is 0 Å². The summed E-state index contributed by atoms with van der Waals surface area (Å²) >= 11 is 8.20. The van der Waals surface area contributed by atoms with E-state index >= 15 is 0 Å². The van der Waals surface area contributed by atoms with Crippen molar-refractivity contribution in [3.05, 3.63) is 47.5 Å². The van der Waals surface area contributed by atoms with Crippen molar-refractivity contribution in [2.24, 2.45) is 7.05 Å². The zero-order valence-electron chi connectivity index (χ0n) is 19.1. The normalized spacial score (nSPS) is 11.9. The number of pyridine rings is 1. The van der Waals surface area contributed by atoms with Crippen molar-refractivity contribution >= 4 is 75.0 Å². The molecule has 1 aromatic carbocycles. The number of aryl methyl sites for hydroxylation is 1. The number of fused-ring (bicyclic) bond motifs is 1. The Bertz CT molecular complexity index is 1370. The Morgan fingerprint density at radius 3 is 2.41 bits per heavy atom. The number of anilines is 2. The molecule has 182 valence electrons. The maximum absolute atomic E-state index is 13.5. The van der Waals surface area contributed by atoms with Gasteiger partial charge in [-0.3, -0.25) is 9.02 Å². The van der Waals surface area contributed by atoms with Crippen LogP contribution in [-0.2, 0) is 11.6 Å². The second kappa shape index (κ2) is 11.0. The highest BCUT2D eigenvalue weighted by Gasteiger charge is 2.24. The summed E-state index contributed by atoms with van der Waals surface area (Å²) < 4.78 is 43.2. The van der Waals surface area contributed by atoms with E-state index in [4.69, 9.17) is 11.6 Å². The van der Waals surface area contributed by atoms with Crippen molar-refractivity contribution in [2.45, 2.75) is 20.3 Å². The van der Waals surface area contributed by atoms with Crippen molar-refractivity contribution in [1.82, 2.24) is 24.1 Å². The lowest BCUT2D eigenvalue weighted by Crippen LogP contribution is -2.10. The van der Waals surface area contributed by atoms with E-state index in [9.17, 15) is 13.3 Å². The molecule has 1 atom stereocenters. The smallest absolute Gasteiger partial charge is 0.295 e. The molecule has 4 aromatic rings. The minimum absolute atomic E-state index is 0.0249. The molecule has 1 N–H and O–H groups in total. The molecular formula is C21H24ClF2IN6OP2. The van der Waals surface area contributed by atoms with Gasteiger partial charge in [-0.05, 0) is 53.6 Å². The van der Waals surface area contributed by atoms with Crippen LogP contribution in [0, 0.1) is 0 Å². The third-order valence-corrected chi connectivity index (χ3v) is 8.53. The highest BCUT2D eigenvalue weighted by molar-refractivity contribution is 14.2. The zero-order valence-corrected chi connectivity index (χ0v) is 24.0. The molecule has 0 aliphatic rings. The van der Waals surface area contributed by atoms with Crippen LogP contribution in [0.2, 0.25) is 5.15 Å². The average molecular weight is 639 g/mol. The van der Waals surface area contributed by atoms with Gasteiger partial charge in [-0.2, -0.15) is 5.10 Å². The fraction of sp³-hybridized carbons (Fsp3) is 0.286. The van der Waals surface area contributed by atoms with Gasteiger partial charge in [-0.1, -0.05) is 31.5 Å². The Morgan fingerprint density at radius 2 is 1.85 bits per heavy atom. The third kappa shape index (κ3) is 5.61. The Kier molecular flexibility index (Phi) is 8.71. The zero-order chi connectivity index (χ0) is 25.2. The van der Waals surface area contributed by atoms with E-state index in [1.807, 2.05) is 67.3 Å². The van der Waals surface area contributed by atoms with E-state index < -0.39 is 13.6 Å². The van der Waals surface area contributed by atoms with E-state index in [0.717, 1.165) is 11.3 Å². The highest BCUT2D eigenvalue weighted by atomic mass is 127. The van der Waals surface area contributed by atoms with Gasteiger partial charge in [-0.25, -0.2) is 18.7 Å². The van der Waals surface area contributed by atoms with Gasteiger partial charge in [-0.15, -0.1) is 0 Å². The molecule has 0 bridgehead atoms. The SMILES string of the molecule is CC.Cn1ccc(-c2ccc(Nc3cc(Cl)nc4c3nc(C(F)F)n4PI)c(P(C)(C)=O)c2)n1. The molecule has 13 heteroatoms. The minimum atomic E-state index is -2.75. The molecule has 0 aliphatic heterocycles. The second-order valence-corrected chi connectivity index (χ2v) is 13.1. The molecule has 0 amide bonds. The second-order valence-electron chi connectivity index (χ2n) is 7.44. The predicted molar refractivity (Wildman–Crippen MR) is 148 cm³/mol. The van der Waals surface area contributed by atoms with E-state index in [-0.39, 0.29) is 28.5 Å². The number of hydrogen-bond acceptors (Lipinski definition) is 5. The van der Waals surface area contributed by atoms with Gasteiger partial charge >= 0.3 is 0 Å². The molecular weight excluding hydrogens is 615 g/mol. The number of alkyl halides is 2. The van der Waals surface area contributed by atoms with E-state index in [1.165, 1.54) is 10.4 Å². The predicted octanol–water partition coefficient (Wildman–Crippen LogP) is 7.23. The summed E-state index contributed by atoms with van der Waals surface area (Å²) in [5.74, 6) is -0.368. The Labute approximate surface area is 216 Å². The quantitative estimate of drug-likeness (QED) is 0.137. The number of benzene rings is 1. The van der Waals surface area contributed by atoms with Crippen LogP contribution in [0.1, 0.15) is 26.1 Å². The van der Waals surface area contributed by atoms with Gasteiger partial charge in [0, 0.05) is 35.9 Å². The number of nitrogens with one attached hydrogen (secondary N) is 1. The van der Waals surface area contributed by atoms with Crippen molar-refractivity contribution in [1.29, 1.82) is 0 Å². The number of halogens is 4. The standard InChI is InChI=1S/C19H18ClF2IN6OP2.C2H6/c1-28-7-6-11(27-28)10-4-5-12(14(8-10)32(2,3)30)24-13-9-15(20)25-18-16(13)26-19(17(21)22)29(18)31-23;1-2/h4-9,17,31H,1-3H3,(H,24,25);1-2H3. The molecule has 3 heterocycles. The average Bonchev–Trinajstić information content (AvgIpc) is 3.38. The van der Waals surface area contributed by atoms with Crippen LogP contribution in [0.15, 0.2) is 36.5 Å². The first kappa shape index (κ1) is 27.0. The van der Waals surface area contributed by atoms with Crippen LogP contribution in [0.3, 0.4) is 0 Å². The van der Waals surface area contributed by atoms with Gasteiger partial charge in [0.1, 0.15) is 17.8 Å². The summed E-state index contributed by atoms with van der Waals surface area (Å²) in [5.41, 5.74) is 3.11. The third-order valence-electron chi connectivity index (χ3n) is 4.75. The summed E-state index contributed by atoms with van der Waals surface area (Å²) in [6, 6.07) is 8.89. The minimum Gasteiger partial charge on any atom is -0.353 e. The number of rotatable bonds is 6. The molecule has 0 fully saturated rings. The molecule has 34 heavy (non-hydrogen) atoms. The monoisotopic (exact) mass is 638 g/mol. The molecule has 0 saturated carbocycles. The molecule has 4 rings (SSSR count). The lowest BCUT2D eigenvalue weighted by molar-refractivity contribution is 0.140. The van der Waals surface area contributed by atoms with Crippen LogP contribution in [0.5, 0.6) is 0 Å². The lowest BCUT2D eigenvalue weighted by Gasteiger charge is -2.17.